The molecule has 0 aliphatic heterocycles. The van der Waals surface area contributed by atoms with Crippen LogP contribution in [0.2, 0.25) is 0 Å². The normalized spacial score (nSPS) is 12.0. The Balaban J connectivity index is 2.13. The molecule has 1 aromatic carbocycles. The molecule has 1 N–H and O–H groups in total. The number of aliphatic hydroxyl groups excluding tert-OH is 1. The number of hydrogen-bond donors (Lipinski definition) is 1. The lowest BCUT2D eigenvalue weighted by molar-refractivity contribution is 0.285. The zero-order chi connectivity index (χ0) is 15.5. The highest BCUT2D eigenvalue weighted by molar-refractivity contribution is 9.11. The minimum atomic E-state index is -3.54. The molecule has 0 amide bonds. The van der Waals surface area contributed by atoms with Crippen molar-refractivity contribution in [2.45, 2.75) is 17.9 Å². The van der Waals surface area contributed by atoms with Crippen LogP contribution in [0.1, 0.15) is 10.4 Å². The van der Waals surface area contributed by atoms with Gasteiger partial charge in [-0.15, -0.1) is 11.3 Å². The topological polar surface area (TPSA) is 57.6 Å². The third-order valence-electron chi connectivity index (χ3n) is 3.11. The molecule has 0 bridgehead atoms. The summed E-state index contributed by atoms with van der Waals surface area (Å²) in [7, 11) is -1.97. The molecule has 0 spiro atoms. The first-order chi connectivity index (χ1) is 9.95. The first-order valence-corrected chi connectivity index (χ1v) is 9.39. The minimum Gasteiger partial charge on any atom is -0.391 e. The maximum Gasteiger partial charge on any atom is 0.244 e. The van der Waals surface area contributed by atoms with Crippen molar-refractivity contribution in [2.75, 3.05) is 13.6 Å². The standard InChI is InChI=1S/C14H16BrNO3S2/c1-16(8-7-11-5-3-2-4-6-11)21(18,19)13-9-12(10-17)20-14(13)15/h2-6,9,17H,7-8,10H2,1H3. The largest absolute Gasteiger partial charge is 0.391 e. The number of hydrogen-bond acceptors (Lipinski definition) is 4. The van der Waals surface area contributed by atoms with Gasteiger partial charge >= 0.3 is 0 Å². The Morgan fingerprint density at radius 2 is 1.95 bits per heavy atom. The molecule has 4 nitrogen and oxygen atoms in total. The fourth-order valence-electron chi connectivity index (χ4n) is 1.87. The zero-order valence-electron chi connectivity index (χ0n) is 11.5. The summed E-state index contributed by atoms with van der Waals surface area (Å²) in [4.78, 5) is 0.837. The van der Waals surface area contributed by atoms with E-state index in [1.54, 1.807) is 7.05 Å². The van der Waals surface area contributed by atoms with Crippen LogP contribution in [0, 0.1) is 0 Å². The monoisotopic (exact) mass is 389 g/mol. The zero-order valence-corrected chi connectivity index (χ0v) is 14.7. The van der Waals surface area contributed by atoms with Gasteiger partial charge in [0.2, 0.25) is 10.0 Å². The molecule has 0 fully saturated rings. The highest BCUT2D eigenvalue weighted by Crippen LogP contribution is 2.33. The lowest BCUT2D eigenvalue weighted by Crippen LogP contribution is -2.29. The van der Waals surface area contributed by atoms with Crippen LogP contribution in [0.15, 0.2) is 45.1 Å². The van der Waals surface area contributed by atoms with Crippen LogP contribution in [0.25, 0.3) is 0 Å². The van der Waals surface area contributed by atoms with E-state index in [2.05, 4.69) is 15.9 Å². The Hall–Kier alpha value is -0.730. The minimum absolute atomic E-state index is 0.160. The van der Waals surface area contributed by atoms with Crippen LogP contribution in [0.4, 0.5) is 0 Å². The van der Waals surface area contributed by atoms with Gasteiger partial charge in [0.1, 0.15) is 4.90 Å². The molecule has 0 atom stereocenters. The summed E-state index contributed by atoms with van der Waals surface area (Å²) < 4.78 is 26.9. The Morgan fingerprint density at radius 1 is 1.29 bits per heavy atom. The predicted octanol–water partition coefficient (Wildman–Crippen LogP) is 2.87. The first kappa shape index (κ1) is 16.6. The van der Waals surface area contributed by atoms with Gasteiger partial charge in [-0.25, -0.2) is 12.7 Å². The van der Waals surface area contributed by atoms with Crippen molar-refractivity contribution >= 4 is 37.3 Å². The summed E-state index contributed by atoms with van der Waals surface area (Å²) in [5.41, 5.74) is 1.10. The van der Waals surface area contributed by atoms with Crippen molar-refractivity contribution in [1.82, 2.24) is 4.31 Å². The van der Waals surface area contributed by atoms with E-state index in [0.29, 0.717) is 21.6 Å². The van der Waals surface area contributed by atoms with Crippen LogP contribution in [0.3, 0.4) is 0 Å². The van der Waals surface area contributed by atoms with E-state index in [1.165, 1.54) is 21.7 Å². The van der Waals surface area contributed by atoms with E-state index in [-0.39, 0.29) is 11.5 Å². The number of halogens is 1. The maximum absolute atomic E-state index is 12.5. The number of sulfonamides is 1. The van der Waals surface area contributed by atoms with Crippen molar-refractivity contribution in [2.24, 2.45) is 0 Å². The van der Waals surface area contributed by atoms with E-state index < -0.39 is 10.0 Å². The van der Waals surface area contributed by atoms with Crippen molar-refractivity contribution in [3.05, 3.63) is 50.6 Å². The number of benzene rings is 1. The van der Waals surface area contributed by atoms with E-state index in [9.17, 15) is 8.42 Å². The average Bonchev–Trinajstić information content (AvgIpc) is 2.87. The molecule has 1 aromatic heterocycles. The molecule has 2 aromatic rings. The quantitative estimate of drug-likeness (QED) is 0.825. The highest BCUT2D eigenvalue weighted by atomic mass is 79.9. The summed E-state index contributed by atoms with van der Waals surface area (Å²) in [6.07, 6.45) is 0.658. The molecule has 0 aliphatic carbocycles. The second kappa shape index (κ2) is 7.02. The number of aliphatic hydroxyl groups is 1. The van der Waals surface area contributed by atoms with Crippen LogP contribution < -0.4 is 0 Å². The van der Waals surface area contributed by atoms with E-state index in [4.69, 9.17) is 5.11 Å². The lowest BCUT2D eigenvalue weighted by atomic mass is 10.2. The molecule has 7 heteroatoms. The SMILES string of the molecule is CN(CCc1ccccc1)S(=O)(=O)c1cc(CO)sc1Br. The van der Waals surface area contributed by atoms with Gasteiger partial charge < -0.3 is 5.11 Å². The van der Waals surface area contributed by atoms with Crippen LogP contribution in [-0.4, -0.2) is 31.4 Å². The molecule has 0 radical (unpaired) electrons. The first-order valence-electron chi connectivity index (χ1n) is 6.34. The summed E-state index contributed by atoms with van der Waals surface area (Å²) in [6.45, 7) is 0.246. The molecule has 21 heavy (non-hydrogen) atoms. The van der Waals surface area contributed by atoms with E-state index in [1.807, 2.05) is 30.3 Å². The Morgan fingerprint density at radius 3 is 2.52 bits per heavy atom. The lowest BCUT2D eigenvalue weighted by Gasteiger charge is -2.16. The summed E-state index contributed by atoms with van der Waals surface area (Å²) >= 11 is 4.49. The molecule has 0 aliphatic rings. The molecular formula is C14H16BrNO3S2. The number of nitrogens with zero attached hydrogens (tertiary/aromatic N) is 1. The molecule has 0 saturated carbocycles. The summed E-state index contributed by atoms with van der Waals surface area (Å²) in [5, 5.41) is 9.11. The number of rotatable bonds is 6. The average molecular weight is 390 g/mol. The van der Waals surface area contributed by atoms with Crippen molar-refractivity contribution in [1.29, 1.82) is 0 Å². The Kier molecular flexibility index (Phi) is 5.56. The second-order valence-electron chi connectivity index (χ2n) is 4.57. The van der Waals surface area contributed by atoms with Gasteiger partial charge in [0.25, 0.3) is 0 Å². The molecule has 114 valence electrons. The van der Waals surface area contributed by atoms with Gasteiger partial charge in [-0.1, -0.05) is 30.3 Å². The predicted molar refractivity (Wildman–Crippen MR) is 87.9 cm³/mol. The van der Waals surface area contributed by atoms with Gasteiger partial charge in [-0.2, -0.15) is 0 Å². The Labute approximate surface area is 137 Å². The highest BCUT2D eigenvalue weighted by Gasteiger charge is 2.25. The van der Waals surface area contributed by atoms with Crippen molar-refractivity contribution in [3.63, 3.8) is 0 Å². The van der Waals surface area contributed by atoms with Gasteiger partial charge in [-0.3, -0.25) is 0 Å². The van der Waals surface area contributed by atoms with Crippen molar-refractivity contribution < 1.29 is 13.5 Å². The number of likely N-dealkylation sites (N-methyl/N-ethyl adjacent to an activating group) is 1. The van der Waals surface area contributed by atoms with Crippen LogP contribution in [-0.2, 0) is 23.1 Å². The van der Waals surface area contributed by atoms with Gasteiger partial charge in [0.15, 0.2) is 0 Å². The second-order valence-corrected chi connectivity index (χ2v) is 9.04. The molecule has 2 rings (SSSR count). The Bertz CT molecular complexity index is 698. The van der Waals surface area contributed by atoms with E-state index in [0.717, 1.165) is 5.56 Å². The van der Waals surface area contributed by atoms with Gasteiger partial charge in [0, 0.05) is 18.5 Å². The molecular weight excluding hydrogens is 374 g/mol. The molecule has 1 heterocycles. The smallest absolute Gasteiger partial charge is 0.244 e. The fourth-order valence-corrected chi connectivity index (χ4v) is 5.53. The van der Waals surface area contributed by atoms with Crippen molar-refractivity contribution in [3.8, 4) is 0 Å². The fraction of sp³-hybridized carbons (Fsp3) is 0.286. The third kappa shape index (κ3) is 3.92. The van der Waals surface area contributed by atoms with Crippen LogP contribution >= 0.6 is 27.3 Å². The number of thiophene rings is 1. The summed E-state index contributed by atoms with van der Waals surface area (Å²) in [5.74, 6) is 0. The van der Waals surface area contributed by atoms with Gasteiger partial charge in [-0.05, 0) is 34.0 Å². The molecule has 0 saturated heterocycles. The maximum atomic E-state index is 12.5. The van der Waals surface area contributed by atoms with E-state index >= 15 is 0 Å². The van der Waals surface area contributed by atoms with Crippen LogP contribution in [0.5, 0.6) is 0 Å². The summed E-state index contributed by atoms with van der Waals surface area (Å²) in [6, 6.07) is 11.3. The third-order valence-corrected chi connectivity index (χ3v) is 7.20. The molecule has 0 unspecified atom stereocenters. The van der Waals surface area contributed by atoms with Gasteiger partial charge in [0.05, 0.1) is 10.4 Å².